The van der Waals surface area contributed by atoms with Crippen LogP contribution in [-0.2, 0) is 4.79 Å². The molecule has 0 radical (unpaired) electrons. The number of carbonyl (C=O) groups is 2. The molecule has 0 aliphatic carbocycles. The quantitative estimate of drug-likeness (QED) is 0.331. The van der Waals surface area contributed by atoms with Gasteiger partial charge < -0.3 is 19.5 Å². The second-order valence-electron chi connectivity index (χ2n) is 8.41. The summed E-state index contributed by atoms with van der Waals surface area (Å²) in [6.45, 7) is 2.83. The Morgan fingerprint density at radius 3 is 2.41 bits per heavy atom. The molecule has 0 bridgehead atoms. The molecule has 3 aromatic carbocycles. The molecular weight excluding hydrogens is 510 g/mol. The van der Waals surface area contributed by atoms with Crippen molar-refractivity contribution in [1.82, 2.24) is 15.1 Å². The van der Waals surface area contributed by atoms with E-state index in [1.54, 1.807) is 18.2 Å². The van der Waals surface area contributed by atoms with Crippen LogP contribution in [0.15, 0.2) is 88.5 Å². The Labute approximate surface area is 223 Å². The Hall–Kier alpha value is -3.82. The van der Waals surface area contributed by atoms with Crippen molar-refractivity contribution in [3.8, 4) is 11.5 Å². The fourth-order valence-corrected chi connectivity index (χ4v) is 4.77. The zero-order valence-electron chi connectivity index (χ0n) is 19.8. The fourth-order valence-electron chi connectivity index (χ4n) is 4.02. The summed E-state index contributed by atoms with van der Waals surface area (Å²) in [4.78, 5) is 29.2. The predicted octanol–water partition coefficient (Wildman–Crippen LogP) is 5.08. The van der Waals surface area contributed by atoms with E-state index in [9.17, 15) is 9.59 Å². The number of anilines is 2. The summed E-state index contributed by atoms with van der Waals surface area (Å²) in [5.41, 5.74) is 3.20. The molecule has 1 aliphatic heterocycles. The number of rotatable bonds is 7. The van der Waals surface area contributed by atoms with Crippen LogP contribution in [0.2, 0.25) is 5.02 Å². The summed E-state index contributed by atoms with van der Waals surface area (Å²) >= 11 is 7.18. The van der Waals surface area contributed by atoms with Crippen LogP contribution in [-0.4, -0.2) is 58.8 Å². The van der Waals surface area contributed by atoms with E-state index in [1.807, 2.05) is 65.6 Å². The molecule has 1 saturated heterocycles. The fraction of sp³-hybridized carbons (Fsp3) is 0.185. The highest BCUT2D eigenvalue weighted by Gasteiger charge is 2.22. The van der Waals surface area contributed by atoms with Crippen LogP contribution in [0, 0.1) is 0 Å². The lowest BCUT2D eigenvalue weighted by Crippen LogP contribution is -2.48. The van der Waals surface area contributed by atoms with Gasteiger partial charge in [0.1, 0.15) is 0 Å². The first-order chi connectivity index (χ1) is 18.0. The van der Waals surface area contributed by atoms with Crippen molar-refractivity contribution in [1.29, 1.82) is 0 Å². The standard InChI is InChI=1S/C27H24ClN5O3S/c28-21-8-4-7-20(17-21)25-30-31-27(36-25)37-18-24(34)29-22-9-11-23(12-10-22)32-13-15-33(16-14-32)26(35)19-5-2-1-3-6-19/h1-12,17H,13-16,18H2,(H,29,34). The largest absolute Gasteiger partial charge is 0.411 e. The minimum absolute atomic E-state index is 0.0670. The smallest absolute Gasteiger partial charge is 0.277 e. The molecule has 1 fully saturated rings. The molecule has 2 heterocycles. The van der Waals surface area contributed by atoms with Crippen molar-refractivity contribution in [3.05, 3.63) is 89.4 Å². The summed E-state index contributed by atoms with van der Waals surface area (Å²) in [7, 11) is 0. The van der Waals surface area contributed by atoms with Crippen molar-refractivity contribution >= 4 is 46.6 Å². The third kappa shape index (κ3) is 6.31. The minimum Gasteiger partial charge on any atom is -0.411 e. The molecule has 1 N–H and O–H groups in total. The first kappa shape index (κ1) is 24.9. The first-order valence-electron chi connectivity index (χ1n) is 11.8. The van der Waals surface area contributed by atoms with Crippen molar-refractivity contribution in [2.24, 2.45) is 0 Å². The van der Waals surface area contributed by atoms with Crippen LogP contribution in [0.1, 0.15) is 10.4 Å². The molecule has 188 valence electrons. The normalized spacial score (nSPS) is 13.4. The van der Waals surface area contributed by atoms with E-state index in [4.69, 9.17) is 16.0 Å². The molecule has 2 amide bonds. The highest BCUT2D eigenvalue weighted by atomic mass is 35.5. The second kappa shape index (κ2) is 11.5. The summed E-state index contributed by atoms with van der Waals surface area (Å²) in [5.74, 6) is 0.382. The number of nitrogens with one attached hydrogen (secondary N) is 1. The van der Waals surface area contributed by atoms with E-state index < -0.39 is 0 Å². The number of hydrogen-bond acceptors (Lipinski definition) is 7. The van der Waals surface area contributed by atoms with Gasteiger partial charge in [0.05, 0.1) is 5.75 Å². The number of halogens is 1. The maximum Gasteiger partial charge on any atom is 0.277 e. The highest BCUT2D eigenvalue weighted by molar-refractivity contribution is 7.99. The van der Waals surface area contributed by atoms with Crippen LogP contribution in [0.5, 0.6) is 0 Å². The zero-order valence-corrected chi connectivity index (χ0v) is 21.4. The average molecular weight is 534 g/mol. The highest BCUT2D eigenvalue weighted by Crippen LogP contribution is 2.25. The van der Waals surface area contributed by atoms with E-state index in [2.05, 4.69) is 20.4 Å². The van der Waals surface area contributed by atoms with Gasteiger partial charge >= 0.3 is 0 Å². The Bertz CT molecular complexity index is 1370. The van der Waals surface area contributed by atoms with Gasteiger partial charge in [-0.3, -0.25) is 9.59 Å². The number of carbonyl (C=O) groups excluding carboxylic acids is 2. The lowest BCUT2D eigenvalue weighted by Gasteiger charge is -2.36. The summed E-state index contributed by atoms with van der Waals surface area (Å²) in [6, 6.07) is 24.2. The Morgan fingerprint density at radius 2 is 1.68 bits per heavy atom. The molecule has 10 heteroatoms. The second-order valence-corrected chi connectivity index (χ2v) is 9.78. The van der Waals surface area contributed by atoms with E-state index in [0.717, 1.165) is 29.9 Å². The van der Waals surface area contributed by atoms with Crippen molar-refractivity contribution in [2.75, 3.05) is 42.1 Å². The molecule has 37 heavy (non-hydrogen) atoms. The van der Waals surface area contributed by atoms with Gasteiger partial charge in [0.2, 0.25) is 11.8 Å². The molecule has 8 nitrogen and oxygen atoms in total. The van der Waals surface area contributed by atoms with Gasteiger partial charge in [-0.2, -0.15) is 0 Å². The van der Waals surface area contributed by atoms with Gasteiger partial charge in [0, 0.05) is 53.7 Å². The van der Waals surface area contributed by atoms with Crippen LogP contribution in [0.3, 0.4) is 0 Å². The van der Waals surface area contributed by atoms with Gasteiger partial charge in [0.15, 0.2) is 0 Å². The third-order valence-corrected chi connectivity index (χ3v) is 6.96. The lowest BCUT2D eigenvalue weighted by molar-refractivity contribution is -0.113. The lowest BCUT2D eigenvalue weighted by atomic mass is 10.1. The maximum atomic E-state index is 12.7. The summed E-state index contributed by atoms with van der Waals surface area (Å²) < 4.78 is 5.63. The number of thioether (sulfide) groups is 1. The predicted molar refractivity (Wildman–Crippen MR) is 145 cm³/mol. The van der Waals surface area contributed by atoms with Gasteiger partial charge in [0.25, 0.3) is 11.1 Å². The third-order valence-electron chi connectivity index (χ3n) is 5.91. The Balaban J connectivity index is 1.09. The molecule has 0 unspecified atom stereocenters. The number of hydrogen-bond donors (Lipinski definition) is 1. The molecule has 1 aliphatic rings. The van der Waals surface area contributed by atoms with Crippen molar-refractivity contribution in [2.45, 2.75) is 5.22 Å². The van der Waals surface area contributed by atoms with Crippen molar-refractivity contribution < 1.29 is 14.0 Å². The van der Waals surface area contributed by atoms with Gasteiger partial charge in [-0.1, -0.05) is 47.6 Å². The van der Waals surface area contributed by atoms with Crippen LogP contribution >= 0.6 is 23.4 Å². The Kier molecular flexibility index (Phi) is 7.72. The van der Waals surface area contributed by atoms with Gasteiger partial charge in [-0.15, -0.1) is 10.2 Å². The average Bonchev–Trinajstić information content (AvgIpc) is 3.42. The summed E-state index contributed by atoms with van der Waals surface area (Å²) in [5, 5.41) is 11.8. The molecule has 0 atom stereocenters. The topological polar surface area (TPSA) is 91.6 Å². The molecule has 1 aromatic heterocycles. The number of piperazine rings is 1. The zero-order chi connectivity index (χ0) is 25.6. The number of nitrogens with zero attached hydrogens (tertiary/aromatic N) is 4. The van der Waals surface area contributed by atoms with Gasteiger partial charge in [-0.05, 0) is 54.6 Å². The molecule has 5 rings (SSSR count). The molecular formula is C27H24ClN5O3S. The first-order valence-corrected chi connectivity index (χ1v) is 13.1. The van der Waals surface area contributed by atoms with Crippen LogP contribution in [0.4, 0.5) is 11.4 Å². The van der Waals surface area contributed by atoms with E-state index >= 15 is 0 Å². The molecule has 0 saturated carbocycles. The van der Waals surface area contributed by atoms with E-state index in [-0.39, 0.29) is 17.6 Å². The monoisotopic (exact) mass is 533 g/mol. The Morgan fingerprint density at radius 1 is 0.919 bits per heavy atom. The SMILES string of the molecule is O=C(CSc1nnc(-c2cccc(Cl)c2)o1)Nc1ccc(N2CCN(C(=O)c3ccccc3)CC2)cc1. The molecule has 0 spiro atoms. The van der Waals surface area contributed by atoms with Crippen molar-refractivity contribution in [3.63, 3.8) is 0 Å². The number of aromatic nitrogens is 2. The number of benzene rings is 3. The molecule has 4 aromatic rings. The minimum atomic E-state index is -0.173. The van der Waals surface area contributed by atoms with Crippen LogP contribution < -0.4 is 10.2 Å². The van der Waals surface area contributed by atoms with Crippen LogP contribution in [0.25, 0.3) is 11.5 Å². The summed E-state index contributed by atoms with van der Waals surface area (Å²) in [6.07, 6.45) is 0. The maximum absolute atomic E-state index is 12.7. The van der Waals surface area contributed by atoms with E-state index in [1.165, 1.54) is 11.8 Å². The van der Waals surface area contributed by atoms with E-state index in [0.29, 0.717) is 34.9 Å². The number of amides is 2. The van der Waals surface area contributed by atoms with Gasteiger partial charge in [-0.25, -0.2) is 0 Å².